The Labute approximate surface area is 32.8 Å². The van der Waals surface area contributed by atoms with Crippen molar-refractivity contribution in [2.75, 3.05) is 0 Å². The summed E-state index contributed by atoms with van der Waals surface area (Å²) in [6, 6.07) is 0. The molecule has 26 valence electrons. The first kappa shape index (κ1) is 8.95. The van der Waals surface area contributed by atoms with Crippen LogP contribution in [0.4, 0.5) is 0 Å². The van der Waals surface area contributed by atoms with E-state index in [9.17, 15) is 0 Å². The zero-order valence-electron chi connectivity index (χ0n) is 3.07. The molecular formula is C5H6. The molecule has 0 aliphatic carbocycles. The maximum absolute atomic E-state index is 4.00. The summed E-state index contributed by atoms with van der Waals surface area (Å²) in [6.45, 7) is 6.25. The van der Waals surface area contributed by atoms with Gasteiger partial charge in [-0.1, -0.05) is 13.2 Å². The Bertz CT molecular complexity index is 42.3. The Hall–Kier alpha value is -0.920. The fourth-order valence-electron chi connectivity index (χ4n) is 0. The van der Waals surface area contributed by atoms with Gasteiger partial charge in [0.05, 0.1) is 0 Å². The Balaban J connectivity index is 0. The monoisotopic (exact) mass is 66.0 g/mol. The first-order valence-corrected chi connectivity index (χ1v) is 1.04. The van der Waals surface area contributed by atoms with E-state index in [0.29, 0.717) is 0 Å². The molecule has 0 fully saturated rings. The predicted molar refractivity (Wildman–Crippen MR) is 24.7 cm³/mol. The van der Waals surface area contributed by atoms with Gasteiger partial charge in [-0.05, 0) is 0 Å². The second-order valence-corrected chi connectivity index (χ2v) is 0.250. The van der Waals surface area contributed by atoms with Crippen molar-refractivity contribution in [2.24, 2.45) is 0 Å². The normalized spacial score (nSPS) is 2.00. The summed E-state index contributed by atoms with van der Waals surface area (Å²) in [6.07, 6.45) is 8.00. The Morgan fingerprint density at radius 1 is 1.20 bits per heavy atom. The Kier molecular flexibility index (Phi) is 3730. The number of hydrogen-bond donors (Lipinski definition) is 0. The molecule has 0 heteroatoms. The van der Waals surface area contributed by atoms with Gasteiger partial charge >= 0.3 is 0 Å². The summed E-state index contributed by atoms with van der Waals surface area (Å²) in [4.78, 5) is 0. The van der Waals surface area contributed by atoms with Gasteiger partial charge in [-0.3, -0.25) is 0 Å². The minimum absolute atomic E-state index is 2.25. The molecular weight excluding hydrogens is 60.1 g/mol. The lowest BCUT2D eigenvalue weighted by atomic mass is 11.0. The summed E-state index contributed by atoms with van der Waals surface area (Å²) in [7, 11) is 0. The second-order valence-electron chi connectivity index (χ2n) is 0.250. The highest BCUT2D eigenvalue weighted by molar-refractivity contribution is 4.51. The van der Waals surface area contributed by atoms with Crippen molar-refractivity contribution >= 4 is 0 Å². The SMILES string of the molecule is C#C.C=C=C. The summed E-state index contributed by atoms with van der Waals surface area (Å²) in [5, 5.41) is 0. The molecule has 0 saturated heterocycles. The lowest BCUT2D eigenvalue weighted by molar-refractivity contribution is 2.51. The molecule has 0 heterocycles. The molecule has 0 amide bonds. The highest BCUT2D eigenvalue weighted by atomic mass is 13.0. The van der Waals surface area contributed by atoms with E-state index in [0.717, 1.165) is 0 Å². The van der Waals surface area contributed by atoms with Crippen molar-refractivity contribution in [1.29, 1.82) is 0 Å². The van der Waals surface area contributed by atoms with Gasteiger partial charge in [-0.25, -0.2) is 0 Å². The maximum atomic E-state index is 4.00. The topological polar surface area (TPSA) is 0 Å². The first-order valence-electron chi connectivity index (χ1n) is 1.04. The minimum atomic E-state index is 2.25. The third-order valence-corrected chi connectivity index (χ3v) is 0. The molecule has 0 aromatic carbocycles. The zero-order valence-corrected chi connectivity index (χ0v) is 3.07. The van der Waals surface area contributed by atoms with Crippen LogP contribution in [0.1, 0.15) is 0 Å². The van der Waals surface area contributed by atoms with Crippen molar-refractivity contribution in [3.05, 3.63) is 18.9 Å². The van der Waals surface area contributed by atoms with Crippen LogP contribution in [0, 0.1) is 12.8 Å². The molecule has 0 rings (SSSR count). The average Bonchev–Trinajstić information content (AvgIpc) is 1.46. The van der Waals surface area contributed by atoms with Crippen molar-refractivity contribution in [2.45, 2.75) is 0 Å². The Morgan fingerprint density at radius 2 is 1.20 bits per heavy atom. The van der Waals surface area contributed by atoms with Gasteiger partial charge in [0.15, 0.2) is 0 Å². The molecule has 0 aromatic rings. The third kappa shape index (κ3) is 4.24. The van der Waals surface area contributed by atoms with E-state index in [4.69, 9.17) is 0 Å². The van der Waals surface area contributed by atoms with E-state index in [2.05, 4.69) is 31.7 Å². The predicted octanol–water partition coefficient (Wildman–Crippen LogP) is 1.21. The Morgan fingerprint density at radius 3 is 1.20 bits per heavy atom. The molecule has 0 saturated carbocycles. The largest absolute Gasteiger partial charge is 0.137 e. The van der Waals surface area contributed by atoms with Gasteiger partial charge in [-0.2, -0.15) is 0 Å². The molecule has 0 unspecified atom stereocenters. The van der Waals surface area contributed by atoms with Gasteiger partial charge in [0.25, 0.3) is 0 Å². The van der Waals surface area contributed by atoms with E-state index < -0.39 is 0 Å². The molecule has 0 atom stereocenters. The number of terminal acetylenes is 1. The van der Waals surface area contributed by atoms with Crippen molar-refractivity contribution in [1.82, 2.24) is 0 Å². The third-order valence-electron chi connectivity index (χ3n) is 0. The van der Waals surface area contributed by atoms with Gasteiger partial charge in [0, 0.05) is 0 Å². The standard InChI is InChI=1S/C3H4.C2H2/c1-3-2;1-2/h1-2H2;1-2H. The molecule has 0 aliphatic heterocycles. The molecule has 0 nitrogen and oxygen atoms in total. The van der Waals surface area contributed by atoms with Crippen LogP contribution >= 0.6 is 0 Å². The van der Waals surface area contributed by atoms with Crippen LogP contribution in [0.3, 0.4) is 0 Å². The van der Waals surface area contributed by atoms with E-state index in [1.165, 1.54) is 0 Å². The lowest BCUT2D eigenvalue weighted by Crippen LogP contribution is -0.844. The molecule has 0 aromatic heterocycles. The van der Waals surface area contributed by atoms with Crippen LogP contribution in [0.2, 0.25) is 0 Å². The second kappa shape index (κ2) is 2080. The van der Waals surface area contributed by atoms with E-state index >= 15 is 0 Å². The highest BCUT2D eigenvalue weighted by Crippen LogP contribution is 1.16. The van der Waals surface area contributed by atoms with E-state index in [1.807, 2.05) is 0 Å². The lowest BCUT2D eigenvalue weighted by Gasteiger charge is -1.10. The van der Waals surface area contributed by atoms with Gasteiger partial charge in [0.1, 0.15) is 0 Å². The number of rotatable bonds is 0. The van der Waals surface area contributed by atoms with E-state index in [1.54, 1.807) is 0 Å². The summed E-state index contributed by atoms with van der Waals surface area (Å²) in [5.41, 5.74) is 2.25. The fourth-order valence-corrected chi connectivity index (χ4v) is 0. The number of hydrogen-bond acceptors (Lipinski definition) is 0. The molecule has 5 heavy (non-hydrogen) atoms. The van der Waals surface area contributed by atoms with Gasteiger partial charge in [0.2, 0.25) is 0 Å². The van der Waals surface area contributed by atoms with Crippen LogP contribution < -0.4 is 0 Å². The van der Waals surface area contributed by atoms with Crippen molar-refractivity contribution < 1.29 is 0 Å². The summed E-state index contributed by atoms with van der Waals surface area (Å²) in [5.74, 6) is 0. The highest BCUT2D eigenvalue weighted by Gasteiger charge is 0.904. The van der Waals surface area contributed by atoms with Crippen LogP contribution in [0.15, 0.2) is 18.9 Å². The zero-order chi connectivity index (χ0) is 4.71. The van der Waals surface area contributed by atoms with Crippen molar-refractivity contribution in [3.63, 3.8) is 0 Å². The molecule has 0 bridgehead atoms. The average molecular weight is 66.1 g/mol. The molecule has 0 N–H and O–H groups in total. The smallest absolute Gasteiger partial charge is 0.0572 e. The van der Waals surface area contributed by atoms with Crippen LogP contribution in [-0.2, 0) is 0 Å². The van der Waals surface area contributed by atoms with Gasteiger partial charge < -0.3 is 0 Å². The van der Waals surface area contributed by atoms with Crippen molar-refractivity contribution in [3.8, 4) is 12.8 Å². The summed E-state index contributed by atoms with van der Waals surface area (Å²) >= 11 is 0. The van der Waals surface area contributed by atoms with Gasteiger partial charge in [-0.15, -0.1) is 18.6 Å². The summed E-state index contributed by atoms with van der Waals surface area (Å²) < 4.78 is 0. The first-order chi connectivity index (χ1) is 2.41. The van der Waals surface area contributed by atoms with Crippen LogP contribution in [0.5, 0.6) is 0 Å². The van der Waals surface area contributed by atoms with Crippen LogP contribution in [-0.4, -0.2) is 0 Å². The molecule has 0 aliphatic rings. The quantitative estimate of drug-likeness (QED) is 0.294. The molecule has 0 spiro atoms. The van der Waals surface area contributed by atoms with E-state index in [-0.39, 0.29) is 0 Å². The fraction of sp³-hybridized carbons (Fsp3) is 0. The molecule has 0 radical (unpaired) electrons. The maximum Gasteiger partial charge on any atom is -0.0572 e. The minimum Gasteiger partial charge on any atom is -0.137 e. The van der Waals surface area contributed by atoms with Crippen LogP contribution in [0.25, 0.3) is 0 Å².